The first kappa shape index (κ1) is 20.2. The maximum Gasteiger partial charge on any atom is 0.227 e. The van der Waals surface area contributed by atoms with E-state index in [4.69, 9.17) is 14.2 Å². The number of rotatable bonds is 6. The van der Waals surface area contributed by atoms with E-state index in [1.54, 1.807) is 25.2 Å². The fourth-order valence-electron chi connectivity index (χ4n) is 3.70. The van der Waals surface area contributed by atoms with Gasteiger partial charge in [-0.3, -0.25) is 4.79 Å². The maximum atomic E-state index is 13.1. The average Bonchev–Trinajstić information content (AvgIpc) is 2.72. The van der Waals surface area contributed by atoms with Crippen molar-refractivity contribution in [2.75, 3.05) is 34.0 Å². The van der Waals surface area contributed by atoms with Gasteiger partial charge in [-0.1, -0.05) is 35.9 Å². The number of aliphatic hydroxyl groups is 1. The molecule has 1 heterocycles. The summed E-state index contributed by atoms with van der Waals surface area (Å²) < 4.78 is 16.5. The van der Waals surface area contributed by atoms with E-state index in [9.17, 15) is 9.90 Å². The number of hydrogen-bond acceptors (Lipinski definition) is 5. The predicted molar refractivity (Wildman–Crippen MR) is 106 cm³/mol. The first-order valence-corrected chi connectivity index (χ1v) is 9.36. The third kappa shape index (κ3) is 4.29. The van der Waals surface area contributed by atoms with Crippen LogP contribution in [-0.4, -0.2) is 56.0 Å². The van der Waals surface area contributed by atoms with Crippen molar-refractivity contribution in [2.24, 2.45) is 0 Å². The summed E-state index contributed by atoms with van der Waals surface area (Å²) in [5.41, 5.74) is 2.94. The number of nitrogens with zero attached hydrogens (tertiary/aromatic N) is 1. The third-order valence-electron chi connectivity index (χ3n) is 5.04. The van der Waals surface area contributed by atoms with Gasteiger partial charge in [-0.25, -0.2) is 0 Å². The third-order valence-corrected chi connectivity index (χ3v) is 5.04. The minimum atomic E-state index is -0.492. The summed E-state index contributed by atoms with van der Waals surface area (Å²) in [5, 5.41) is 9.86. The van der Waals surface area contributed by atoms with Crippen LogP contribution in [0.4, 0.5) is 0 Å². The second-order valence-electron chi connectivity index (χ2n) is 6.90. The highest BCUT2D eigenvalue weighted by Gasteiger charge is 2.36. The molecule has 1 aliphatic rings. The predicted octanol–water partition coefficient (Wildman–Crippen LogP) is 2.52. The van der Waals surface area contributed by atoms with E-state index in [-0.39, 0.29) is 12.5 Å². The lowest BCUT2D eigenvalue weighted by atomic mass is 9.96. The van der Waals surface area contributed by atoms with Gasteiger partial charge in [0.25, 0.3) is 0 Å². The van der Waals surface area contributed by atoms with Crippen LogP contribution in [0.1, 0.15) is 22.7 Å². The lowest BCUT2D eigenvalue weighted by Crippen LogP contribution is -2.49. The van der Waals surface area contributed by atoms with Crippen LogP contribution in [0, 0.1) is 6.92 Å². The Morgan fingerprint density at radius 1 is 1.18 bits per heavy atom. The van der Waals surface area contributed by atoms with Crippen LogP contribution in [0.3, 0.4) is 0 Å². The second kappa shape index (κ2) is 9.08. The van der Waals surface area contributed by atoms with Gasteiger partial charge in [0.2, 0.25) is 5.91 Å². The number of morpholine rings is 1. The first-order chi connectivity index (χ1) is 13.6. The fourth-order valence-corrected chi connectivity index (χ4v) is 3.70. The smallest absolute Gasteiger partial charge is 0.227 e. The van der Waals surface area contributed by atoms with E-state index in [1.165, 1.54) is 0 Å². The van der Waals surface area contributed by atoms with Crippen molar-refractivity contribution < 1.29 is 24.1 Å². The van der Waals surface area contributed by atoms with E-state index >= 15 is 0 Å². The maximum absolute atomic E-state index is 13.1. The number of benzene rings is 2. The number of ether oxygens (including phenoxy) is 3. The van der Waals surface area contributed by atoms with Crippen molar-refractivity contribution in [1.82, 2.24) is 4.90 Å². The summed E-state index contributed by atoms with van der Waals surface area (Å²) in [5.74, 6) is 1.20. The lowest BCUT2D eigenvalue weighted by molar-refractivity contribution is -0.149. The standard InChI is InChI=1S/C22H27NO5/c1-15-5-4-6-16(11-15)12-21(25)23-9-10-28-20(14-24)22(23)17-7-8-18(26-2)19(13-17)27-3/h4-8,11,13,20,22,24H,9-10,12,14H2,1-3H3/t20-,22-/m1/s1. The molecule has 150 valence electrons. The molecule has 0 saturated carbocycles. The van der Waals surface area contributed by atoms with Gasteiger partial charge in [0.15, 0.2) is 11.5 Å². The van der Waals surface area contributed by atoms with Gasteiger partial charge in [-0.2, -0.15) is 0 Å². The molecule has 3 rings (SSSR count). The zero-order valence-electron chi connectivity index (χ0n) is 16.6. The number of methoxy groups -OCH3 is 2. The Balaban J connectivity index is 1.91. The Morgan fingerprint density at radius 2 is 1.96 bits per heavy atom. The SMILES string of the molecule is COc1ccc([C@@H]2[C@@H](CO)OCCN2C(=O)Cc2cccc(C)c2)cc1OC. The second-order valence-corrected chi connectivity index (χ2v) is 6.90. The van der Waals surface area contributed by atoms with Gasteiger partial charge in [-0.15, -0.1) is 0 Å². The molecule has 2 aromatic carbocycles. The summed E-state index contributed by atoms with van der Waals surface area (Å²) in [6.07, 6.45) is -0.183. The lowest BCUT2D eigenvalue weighted by Gasteiger charge is -2.41. The number of aryl methyl sites for hydroxylation is 1. The Labute approximate surface area is 165 Å². The van der Waals surface area contributed by atoms with Crippen molar-refractivity contribution in [3.63, 3.8) is 0 Å². The number of hydrogen-bond donors (Lipinski definition) is 1. The fraction of sp³-hybridized carbons (Fsp3) is 0.409. The molecule has 0 aromatic heterocycles. The topological polar surface area (TPSA) is 68.2 Å². The zero-order valence-corrected chi connectivity index (χ0v) is 16.6. The minimum Gasteiger partial charge on any atom is -0.493 e. The number of carbonyl (C=O) groups excluding carboxylic acids is 1. The van der Waals surface area contributed by atoms with Crippen molar-refractivity contribution in [3.05, 3.63) is 59.2 Å². The molecular weight excluding hydrogens is 358 g/mol. The van der Waals surface area contributed by atoms with Crippen LogP contribution in [0.2, 0.25) is 0 Å². The van der Waals surface area contributed by atoms with Crippen LogP contribution in [0.5, 0.6) is 11.5 Å². The molecule has 0 aliphatic carbocycles. The number of amides is 1. The number of carbonyl (C=O) groups is 1. The van der Waals surface area contributed by atoms with Gasteiger partial charge >= 0.3 is 0 Å². The Kier molecular flexibility index (Phi) is 6.54. The summed E-state index contributed by atoms with van der Waals surface area (Å²) >= 11 is 0. The quantitative estimate of drug-likeness (QED) is 0.828. The van der Waals surface area contributed by atoms with Gasteiger partial charge in [0, 0.05) is 6.54 Å². The Morgan fingerprint density at radius 3 is 2.64 bits per heavy atom. The van der Waals surface area contributed by atoms with E-state index in [0.717, 1.165) is 16.7 Å². The minimum absolute atomic E-state index is 0.00661. The van der Waals surface area contributed by atoms with Crippen LogP contribution in [0.25, 0.3) is 0 Å². The molecule has 0 spiro atoms. The van der Waals surface area contributed by atoms with E-state index in [0.29, 0.717) is 31.1 Å². The molecule has 1 N–H and O–H groups in total. The summed E-state index contributed by atoms with van der Waals surface area (Å²) in [6.45, 7) is 2.71. The Bertz CT molecular complexity index is 822. The molecule has 2 atom stereocenters. The normalized spacial score (nSPS) is 19.4. The first-order valence-electron chi connectivity index (χ1n) is 9.36. The molecule has 1 saturated heterocycles. The van der Waals surface area contributed by atoms with Crippen molar-refractivity contribution in [2.45, 2.75) is 25.5 Å². The van der Waals surface area contributed by atoms with Crippen LogP contribution in [-0.2, 0) is 16.0 Å². The van der Waals surface area contributed by atoms with Crippen molar-refractivity contribution in [1.29, 1.82) is 0 Å². The van der Waals surface area contributed by atoms with E-state index in [2.05, 4.69) is 0 Å². The highest BCUT2D eigenvalue weighted by molar-refractivity contribution is 5.79. The molecular formula is C22H27NO5. The molecule has 1 aliphatic heterocycles. The van der Waals surface area contributed by atoms with Gasteiger partial charge in [0.1, 0.15) is 6.10 Å². The van der Waals surface area contributed by atoms with Crippen molar-refractivity contribution >= 4 is 5.91 Å². The zero-order chi connectivity index (χ0) is 20.1. The molecule has 6 nitrogen and oxygen atoms in total. The molecule has 6 heteroatoms. The summed E-state index contributed by atoms with van der Waals surface area (Å²) in [4.78, 5) is 14.9. The summed E-state index contributed by atoms with van der Waals surface area (Å²) in [6, 6.07) is 13.1. The highest BCUT2D eigenvalue weighted by Crippen LogP contribution is 2.36. The monoisotopic (exact) mass is 385 g/mol. The van der Waals surface area contributed by atoms with Gasteiger partial charge < -0.3 is 24.2 Å². The van der Waals surface area contributed by atoms with E-state index < -0.39 is 12.1 Å². The molecule has 1 fully saturated rings. The van der Waals surface area contributed by atoms with Gasteiger partial charge in [0.05, 0.1) is 39.9 Å². The van der Waals surface area contributed by atoms with Crippen LogP contribution in [0.15, 0.2) is 42.5 Å². The largest absolute Gasteiger partial charge is 0.493 e. The molecule has 2 aromatic rings. The number of aliphatic hydroxyl groups excluding tert-OH is 1. The Hall–Kier alpha value is -2.57. The molecule has 28 heavy (non-hydrogen) atoms. The summed E-state index contributed by atoms with van der Waals surface area (Å²) in [7, 11) is 3.15. The molecule has 0 unspecified atom stereocenters. The highest BCUT2D eigenvalue weighted by atomic mass is 16.5. The van der Waals surface area contributed by atoms with Gasteiger partial charge in [-0.05, 0) is 30.2 Å². The van der Waals surface area contributed by atoms with Crippen molar-refractivity contribution in [3.8, 4) is 11.5 Å². The van der Waals surface area contributed by atoms with Crippen LogP contribution < -0.4 is 9.47 Å². The van der Waals surface area contributed by atoms with E-state index in [1.807, 2.05) is 43.3 Å². The van der Waals surface area contributed by atoms with Crippen LogP contribution >= 0.6 is 0 Å². The molecule has 0 bridgehead atoms. The average molecular weight is 385 g/mol. The molecule has 0 radical (unpaired) electrons. The molecule has 1 amide bonds.